The summed E-state index contributed by atoms with van der Waals surface area (Å²) in [7, 11) is 3.05. The van der Waals surface area contributed by atoms with Gasteiger partial charge in [0.2, 0.25) is 0 Å². The third-order valence-electron chi connectivity index (χ3n) is 1.56. The first-order valence-electron chi connectivity index (χ1n) is 3.39. The monoisotopic (exact) mass is 158 g/mol. The van der Waals surface area contributed by atoms with E-state index in [-0.39, 0.29) is 0 Å². The predicted octanol–water partition coefficient (Wildman–Crippen LogP) is 1.79. The molecule has 0 amide bonds. The summed E-state index contributed by atoms with van der Waals surface area (Å²) in [6, 6.07) is 0. The summed E-state index contributed by atoms with van der Waals surface area (Å²) in [5.74, 6) is 1.24. The molecule has 1 aliphatic rings. The predicted molar refractivity (Wildman–Crippen MR) is 39.7 cm³/mol. The van der Waals surface area contributed by atoms with Crippen LogP contribution in [0.2, 0.25) is 0 Å². The molecule has 3 heteroatoms. The molecule has 0 saturated carbocycles. The maximum Gasteiger partial charge on any atom is 0.143 e. The fourth-order valence-corrected chi connectivity index (χ4v) is 0.973. The molecule has 0 atom stereocenters. The highest BCUT2D eigenvalue weighted by Crippen LogP contribution is 2.20. The second kappa shape index (κ2) is 3.42. The van der Waals surface area contributed by atoms with Crippen LogP contribution >= 0.6 is 0 Å². The van der Waals surface area contributed by atoms with Crippen LogP contribution in [-0.2, 0) is 9.47 Å². The SMILES string of the molecule is COC1=CC(F)C=C(OC)C1. The topological polar surface area (TPSA) is 18.5 Å². The molecule has 1 rings (SSSR count). The van der Waals surface area contributed by atoms with Gasteiger partial charge in [0.1, 0.15) is 17.7 Å². The van der Waals surface area contributed by atoms with Crippen molar-refractivity contribution in [3.63, 3.8) is 0 Å². The van der Waals surface area contributed by atoms with E-state index in [1.54, 1.807) is 0 Å². The summed E-state index contributed by atoms with van der Waals surface area (Å²) in [6.07, 6.45) is 2.34. The van der Waals surface area contributed by atoms with Crippen LogP contribution in [0.15, 0.2) is 23.7 Å². The van der Waals surface area contributed by atoms with Crippen molar-refractivity contribution in [1.29, 1.82) is 0 Å². The van der Waals surface area contributed by atoms with Crippen molar-refractivity contribution in [2.75, 3.05) is 14.2 Å². The van der Waals surface area contributed by atoms with Crippen LogP contribution in [0.1, 0.15) is 6.42 Å². The first kappa shape index (κ1) is 8.11. The average molecular weight is 158 g/mol. The molecule has 1 aliphatic carbocycles. The highest BCUT2D eigenvalue weighted by Gasteiger charge is 2.13. The number of rotatable bonds is 2. The number of allylic oxidation sites excluding steroid dienone is 2. The van der Waals surface area contributed by atoms with Gasteiger partial charge in [0.15, 0.2) is 0 Å². The number of alkyl halides is 1. The Balaban J connectivity index is 2.64. The Bertz CT molecular complexity index is 176. The van der Waals surface area contributed by atoms with Crippen LogP contribution in [0.5, 0.6) is 0 Å². The van der Waals surface area contributed by atoms with Gasteiger partial charge in [-0.1, -0.05) is 0 Å². The number of hydrogen-bond acceptors (Lipinski definition) is 2. The maximum atomic E-state index is 12.7. The fraction of sp³-hybridized carbons (Fsp3) is 0.500. The average Bonchev–Trinajstić information content (AvgIpc) is 2.03. The third-order valence-corrected chi connectivity index (χ3v) is 1.56. The minimum absolute atomic E-state index is 0.549. The summed E-state index contributed by atoms with van der Waals surface area (Å²) in [5.41, 5.74) is 0. The molecule has 0 aliphatic heterocycles. The minimum Gasteiger partial charge on any atom is -0.501 e. The van der Waals surface area contributed by atoms with Gasteiger partial charge < -0.3 is 9.47 Å². The normalized spacial score (nSPS) is 18.8. The largest absolute Gasteiger partial charge is 0.501 e. The van der Waals surface area contributed by atoms with Crippen LogP contribution in [0.3, 0.4) is 0 Å². The van der Waals surface area contributed by atoms with E-state index in [0.29, 0.717) is 17.9 Å². The van der Waals surface area contributed by atoms with Gasteiger partial charge in [-0.3, -0.25) is 0 Å². The molecule has 0 radical (unpaired) electrons. The Kier molecular flexibility index (Phi) is 2.52. The minimum atomic E-state index is -1.08. The molecule has 0 aromatic heterocycles. The summed E-state index contributed by atoms with van der Waals surface area (Å²) < 4.78 is 22.5. The lowest BCUT2D eigenvalue weighted by Gasteiger charge is -2.14. The van der Waals surface area contributed by atoms with E-state index < -0.39 is 6.17 Å². The summed E-state index contributed by atoms with van der Waals surface area (Å²) in [4.78, 5) is 0. The van der Waals surface area contributed by atoms with Crippen molar-refractivity contribution in [2.45, 2.75) is 12.6 Å². The Morgan fingerprint density at radius 1 is 1.27 bits per heavy atom. The van der Waals surface area contributed by atoms with Gasteiger partial charge in [-0.2, -0.15) is 0 Å². The molecule has 0 fully saturated rings. The fourth-order valence-electron chi connectivity index (χ4n) is 0.973. The van der Waals surface area contributed by atoms with Gasteiger partial charge in [-0.15, -0.1) is 0 Å². The zero-order valence-corrected chi connectivity index (χ0v) is 6.63. The summed E-state index contributed by atoms with van der Waals surface area (Å²) in [5, 5.41) is 0. The molecule has 0 heterocycles. The Hall–Kier alpha value is -0.990. The van der Waals surface area contributed by atoms with Crippen molar-refractivity contribution >= 4 is 0 Å². The third kappa shape index (κ3) is 1.97. The van der Waals surface area contributed by atoms with E-state index in [0.717, 1.165) is 0 Å². The standard InChI is InChI=1S/C8H11FO2/c1-10-7-3-6(9)4-8(5-7)11-2/h3-4,6H,5H2,1-2H3. The molecule has 0 saturated heterocycles. The van der Waals surface area contributed by atoms with Crippen molar-refractivity contribution in [3.05, 3.63) is 23.7 Å². The Labute approximate surface area is 65.3 Å². The van der Waals surface area contributed by atoms with E-state index in [2.05, 4.69) is 0 Å². The molecule has 0 aromatic rings. The lowest BCUT2D eigenvalue weighted by molar-refractivity contribution is 0.224. The first-order chi connectivity index (χ1) is 5.26. The zero-order chi connectivity index (χ0) is 8.27. The van der Waals surface area contributed by atoms with Crippen LogP contribution in [0.4, 0.5) is 4.39 Å². The molecule has 0 N–H and O–H groups in total. The lowest BCUT2D eigenvalue weighted by atomic mass is 10.1. The quantitative estimate of drug-likeness (QED) is 0.610. The van der Waals surface area contributed by atoms with Crippen LogP contribution in [0, 0.1) is 0 Å². The molecule has 0 bridgehead atoms. The first-order valence-corrected chi connectivity index (χ1v) is 3.39. The number of ether oxygens (including phenoxy) is 2. The second-order valence-electron chi connectivity index (χ2n) is 2.30. The molecular formula is C8H11FO2. The molecule has 0 unspecified atom stereocenters. The van der Waals surface area contributed by atoms with Gasteiger partial charge in [0.25, 0.3) is 0 Å². The van der Waals surface area contributed by atoms with Gasteiger partial charge in [0.05, 0.1) is 20.6 Å². The van der Waals surface area contributed by atoms with Crippen molar-refractivity contribution in [2.24, 2.45) is 0 Å². The summed E-state index contributed by atoms with van der Waals surface area (Å²) in [6.45, 7) is 0. The molecular weight excluding hydrogens is 147 g/mol. The van der Waals surface area contributed by atoms with E-state index in [1.165, 1.54) is 26.4 Å². The van der Waals surface area contributed by atoms with E-state index in [1.807, 2.05) is 0 Å². The van der Waals surface area contributed by atoms with Gasteiger partial charge >= 0.3 is 0 Å². The van der Waals surface area contributed by atoms with Crippen molar-refractivity contribution in [1.82, 2.24) is 0 Å². The van der Waals surface area contributed by atoms with Crippen molar-refractivity contribution in [3.8, 4) is 0 Å². The Morgan fingerprint density at radius 3 is 2.09 bits per heavy atom. The molecule has 62 valence electrons. The maximum absolute atomic E-state index is 12.7. The Morgan fingerprint density at radius 2 is 1.73 bits per heavy atom. The smallest absolute Gasteiger partial charge is 0.143 e. The van der Waals surface area contributed by atoms with Gasteiger partial charge in [-0.25, -0.2) is 4.39 Å². The van der Waals surface area contributed by atoms with E-state index in [9.17, 15) is 4.39 Å². The lowest BCUT2D eigenvalue weighted by Crippen LogP contribution is -2.05. The highest BCUT2D eigenvalue weighted by molar-refractivity contribution is 5.19. The molecule has 0 spiro atoms. The molecule has 0 aromatic carbocycles. The van der Waals surface area contributed by atoms with Gasteiger partial charge in [0, 0.05) is 0 Å². The van der Waals surface area contributed by atoms with Crippen molar-refractivity contribution < 1.29 is 13.9 Å². The van der Waals surface area contributed by atoms with Gasteiger partial charge in [-0.05, 0) is 12.2 Å². The van der Waals surface area contributed by atoms with Crippen LogP contribution in [-0.4, -0.2) is 20.4 Å². The second-order valence-corrected chi connectivity index (χ2v) is 2.30. The molecule has 2 nitrogen and oxygen atoms in total. The van der Waals surface area contributed by atoms with Crippen LogP contribution in [0.25, 0.3) is 0 Å². The number of methoxy groups -OCH3 is 2. The molecule has 11 heavy (non-hydrogen) atoms. The zero-order valence-electron chi connectivity index (χ0n) is 6.63. The van der Waals surface area contributed by atoms with E-state index in [4.69, 9.17) is 9.47 Å². The highest BCUT2D eigenvalue weighted by atomic mass is 19.1. The number of halogens is 1. The van der Waals surface area contributed by atoms with Crippen LogP contribution < -0.4 is 0 Å². The summed E-state index contributed by atoms with van der Waals surface area (Å²) >= 11 is 0. The number of hydrogen-bond donors (Lipinski definition) is 0. The van der Waals surface area contributed by atoms with E-state index >= 15 is 0 Å².